The molecule has 11 nitrogen and oxygen atoms in total. The molecule has 2 atom stereocenters. The van der Waals surface area contributed by atoms with E-state index in [1.807, 2.05) is 13.8 Å². The fourth-order valence-corrected chi connectivity index (χ4v) is 5.36. The molecule has 43 heavy (non-hydrogen) atoms. The molecule has 1 aromatic heterocycles. The summed E-state index contributed by atoms with van der Waals surface area (Å²) in [5, 5.41) is 2.62. The number of imidazole rings is 1. The zero-order chi connectivity index (χ0) is 30.9. The number of hydrogen-bond acceptors (Lipinski definition) is 8. The molecule has 4 N–H and O–H groups in total. The van der Waals surface area contributed by atoms with Gasteiger partial charge >= 0.3 is 12.5 Å². The summed E-state index contributed by atoms with van der Waals surface area (Å²) in [5.41, 5.74) is 7.77. The summed E-state index contributed by atoms with van der Waals surface area (Å²) in [6.07, 6.45) is -3.58. The van der Waals surface area contributed by atoms with Crippen LogP contribution in [0.15, 0.2) is 48.7 Å². The lowest BCUT2D eigenvalue weighted by Gasteiger charge is -2.30. The second-order valence-electron chi connectivity index (χ2n) is 10.7. The lowest BCUT2D eigenvalue weighted by atomic mass is 10.0. The van der Waals surface area contributed by atoms with Gasteiger partial charge in [-0.25, -0.2) is 9.78 Å². The van der Waals surface area contributed by atoms with Gasteiger partial charge in [-0.2, -0.15) is 0 Å². The van der Waals surface area contributed by atoms with Crippen molar-refractivity contribution in [1.29, 1.82) is 0 Å². The molecule has 0 radical (unpaired) electrons. The lowest BCUT2D eigenvalue weighted by Crippen LogP contribution is -2.52. The number of likely N-dealkylation sites (tertiary alicyclic amines) is 1. The molecule has 0 saturated carbocycles. The van der Waals surface area contributed by atoms with Crippen molar-refractivity contribution in [3.8, 4) is 28.1 Å². The number of hydrogen-bond donors (Lipinski definition) is 3. The highest BCUT2D eigenvalue weighted by Crippen LogP contribution is 2.43. The van der Waals surface area contributed by atoms with Gasteiger partial charge in [-0.15, -0.1) is 13.2 Å². The molecule has 3 aromatic rings. The van der Waals surface area contributed by atoms with Crippen LogP contribution in [0, 0.1) is 5.92 Å². The summed E-state index contributed by atoms with van der Waals surface area (Å²) in [4.78, 5) is 35.2. The summed E-state index contributed by atoms with van der Waals surface area (Å²) in [7, 11) is 1.23. The second kappa shape index (κ2) is 11.8. The van der Waals surface area contributed by atoms with Gasteiger partial charge in [0.1, 0.15) is 17.6 Å². The van der Waals surface area contributed by atoms with E-state index in [4.69, 9.17) is 24.9 Å². The average Bonchev–Trinajstić information content (AvgIpc) is 3.71. The van der Waals surface area contributed by atoms with Crippen molar-refractivity contribution < 1.29 is 41.7 Å². The summed E-state index contributed by atoms with van der Waals surface area (Å²) in [6, 6.07) is 9.45. The van der Waals surface area contributed by atoms with Crippen LogP contribution < -0.4 is 15.8 Å². The zero-order valence-corrected chi connectivity index (χ0v) is 23.7. The quantitative estimate of drug-likeness (QED) is 0.332. The Morgan fingerprint density at radius 3 is 2.44 bits per heavy atom. The molecule has 2 saturated heterocycles. The Labute approximate surface area is 245 Å². The van der Waals surface area contributed by atoms with E-state index in [9.17, 15) is 22.8 Å². The van der Waals surface area contributed by atoms with E-state index in [1.54, 1.807) is 35.4 Å². The standard InChI is InChI=1S/C29H32F3N5O6/c1-16(2)24(36-27(39)40-3)26(38)37-15-28(41-10-11-42-28)13-22(37)25-34-14-21(35-25)18-6-4-17(5-7-18)20-9-8-19(33)12-23(20)43-29(30,31)32/h4-9,12,14,16,22,24H,10-11,13,15,33H2,1-3H3,(H,34,35)(H,36,39)/t22?,24-/m0/s1. The number of nitrogen functional groups attached to an aromatic ring is 1. The molecule has 2 fully saturated rings. The molecule has 0 aliphatic carbocycles. The third kappa shape index (κ3) is 6.54. The molecular formula is C29H32F3N5O6. The third-order valence-corrected chi connectivity index (χ3v) is 7.42. The summed E-state index contributed by atoms with van der Waals surface area (Å²) >= 11 is 0. The number of nitrogens with two attached hydrogens (primary N) is 1. The average molecular weight is 604 g/mol. The molecule has 3 heterocycles. The van der Waals surface area contributed by atoms with Gasteiger partial charge < -0.3 is 39.9 Å². The first-order chi connectivity index (χ1) is 20.4. The SMILES string of the molecule is COC(=O)N[C@H](C(=O)N1CC2(CC1c1nc(-c3ccc(-c4ccc(N)cc4OC(F)(F)F)cc3)c[nH]1)OCCO2)C(C)C. The number of alkyl halides is 3. The fourth-order valence-electron chi connectivity index (χ4n) is 5.36. The number of carbonyl (C=O) groups excluding carboxylic acids is 2. The molecule has 5 rings (SSSR count). The van der Waals surface area contributed by atoms with E-state index >= 15 is 0 Å². The van der Waals surface area contributed by atoms with Crippen LogP contribution in [0.4, 0.5) is 23.7 Å². The number of amides is 2. The monoisotopic (exact) mass is 603 g/mol. The van der Waals surface area contributed by atoms with Crippen LogP contribution in [0.2, 0.25) is 0 Å². The van der Waals surface area contributed by atoms with E-state index in [0.29, 0.717) is 42.3 Å². The summed E-state index contributed by atoms with van der Waals surface area (Å²) < 4.78 is 59.7. The number of benzene rings is 2. The molecule has 2 amide bonds. The molecule has 1 unspecified atom stereocenters. The predicted molar refractivity (Wildman–Crippen MR) is 148 cm³/mol. The van der Waals surface area contributed by atoms with Gasteiger partial charge in [0.15, 0.2) is 5.79 Å². The van der Waals surface area contributed by atoms with Crippen LogP contribution in [0.5, 0.6) is 5.75 Å². The van der Waals surface area contributed by atoms with Crippen molar-refractivity contribution in [1.82, 2.24) is 20.2 Å². The normalized spacial score (nSPS) is 18.7. The highest BCUT2D eigenvalue weighted by atomic mass is 19.4. The minimum absolute atomic E-state index is 0.138. The number of alkyl carbamates (subject to hydrolysis) is 1. The van der Waals surface area contributed by atoms with Crippen molar-refractivity contribution in [2.24, 2.45) is 5.92 Å². The van der Waals surface area contributed by atoms with Gasteiger partial charge in [0.2, 0.25) is 5.91 Å². The van der Waals surface area contributed by atoms with E-state index in [2.05, 4.69) is 15.0 Å². The number of carbonyl (C=O) groups is 2. The van der Waals surface area contributed by atoms with Crippen molar-refractivity contribution in [3.05, 3.63) is 54.5 Å². The number of anilines is 1. The number of ether oxygens (including phenoxy) is 4. The van der Waals surface area contributed by atoms with E-state index in [1.165, 1.54) is 19.2 Å². The number of aromatic nitrogens is 2. The Balaban J connectivity index is 1.41. The largest absolute Gasteiger partial charge is 0.573 e. The molecular weight excluding hydrogens is 571 g/mol. The predicted octanol–water partition coefficient (Wildman–Crippen LogP) is 4.62. The Kier molecular flexibility index (Phi) is 8.25. The van der Waals surface area contributed by atoms with E-state index < -0.39 is 36.1 Å². The first-order valence-corrected chi connectivity index (χ1v) is 13.6. The highest BCUT2D eigenvalue weighted by molar-refractivity contribution is 5.86. The molecule has 2 aliphatic rings. The first-order valence-electron chi connectivity index (χ1n) is 13.6. The minimum Gasteiger partial charge on any atom is -0.453 e. The number of nitrogens with zero attached hydrogens (tertiary/aromatic N) is 2. The molecule has 0 bridgehead atoms. The number of aromatic amines is 1. The lowest BCUT2D eigenvalue weighted by molar-refractivity contribution is -0.274. The number of rotatable bonds is 7. The number of halogens is 3. The minimum atomic E-state index is -4.87. The maximum atomic E-state index is 13.8. The van der Waals surface area contributed by atoms with Gasteiger partial charge in [0, 0.05) is 35.5 Å². The Morgan fingerprint density at radius 2 is 1.81 bits per heavy atom. The molecule has 2 aromatic carbocycles. The highest BCUT2D eigenvalue weighted by Gasteiger charge is 2.52. The van der Waals surface area contributed by atoms with Crippen molar-refractivity contribution in [2.45, 2.75) is 44.5 Å². The maximum Gasteiger partial charge on any atom is 0.573 e. The van der Waals surface area contributed by atoms with Gasteiger partial charge in [-0.3, -0.25) is 4.79 Å². The number of H-pyrrole nitrogens is 1. The van der Waals surface area contributed by atoms with Gasteiger partial charge in [0.25, 0.3) is 0 Å². The molecule has 14 heteroatoms. The Bertz CT molecular complexity index is 1470. The van der Waals surface area contributed by atoms with Crippen molar-refractivity contribution in [2.75, 3.05) is 32.6 Å². The topological polar surface area (TPSA) is 141 Å². The van der Waals surface area contributed by atoms with Crippen LogP contribution >= 0.6 is 0 Å². The summed E-state index contributed by atoms with van der Waals surface area (Å²) in [6.45, 7) is 4.57. The number of methoxy groups -OCH3 is 1. The molecule has 1 spiro atoms. The molecule has 2 aliphatic heterocycles. The smallest absolute Gasteiger partial charge is 0.453 e. The van der Waals surface area contributed by atoms with Crippen molar-refractivity contribution >= 4 is 17.7 Å². The summed E-state index contributed by atoms with van der Waals surface area (Å²) in [5.74, 6) is -1.47. The van der Waals surface area contributed by atoms with Crippen LogP contribution in [-0.2, 0) is 19.0 Å². The molecule has 230 valence electrons. The van der Waals surface area contributed by atoms with E-state index in [0.717, 1.165) is 6.07 Å². The second-order valence-corrected chi connectivity index (χ2v) is 10.7. The van der Waals surface area contributed by atoms with Gasteiger partial charge in [-0.1, -0.05) is 38.1 Å². The van der Waals surface area contributed by atoms with Crippen LogP contribution in [0.1, 0.15) is 32.1 Å². The third-order valence-electron chi connectivity index (χ3n) is 7.42. The van der Waals surface area contributed by atoms with Crippen LogP contribution in [0.3, 0.4) is 0 Å². The zero-order valence-electron chi connectivity index (χ0n) is 23.7. The Hall–Kier alpha value is -4.30. The van der Waals surface area contributed by atoms with Gasteiger partial charge in [-0.05, 0) is 23.6 Å². The number of nitrogens with one attached hydrogen (secondary N) is 2. The van der Waals surface area contributed by atoms with Crippen LogP contribution in [-0.4, -0.2) is 71.9 Å². The van der Waals surface area contributed by atoms with Crippen molar-refractivity contribution in [3.63, 3.8) is 0 Å². The Morgan fingerprint density at radius 1 is 1.14 bits per heavy atom. The van der Waals surface area contributed by atoms with Crippen LogP contribution in [0.25, 0.3) is 22.4 Å². The van der Waals surface area contributed by atoms with Gasteiger partial charge in [0.05, 0.1) is 38.6 Å². The fraction of sp³-hybridized carbons (Fsp3) is 0.414. The van der Waals surface area contributed by atoms with E-state index in [-0.39, 0.29) is 29.6 Å². The maximum absolute atomic E-state index is 13.8. The first kappa shape index (κ1) is 30.2.